The standard InChI is InChI=1S/C19H22ClN3O/c1-15-5-6-16(13-21-15)12-19(24)23-9-7-22(8-10-23)14-17-3-2-4-18(20)11-17/h2-6,11,13H,7-10,12,14H2,1H3. The summed E-state index contributed by atoms with van der Waals surface area (Å²) in [5.74, 6) is 0.183. The van der Waals surface area contributed by atoms with E-state index in [1.54, 1.807) is 6.20 Å². The topological polar surface area (TPSA) is 36.4 Å². The molecule has 24 heavy (non-hydrogen) atoms. The Morgan fingerprint density at radius 3 is 2.58 bits per heavy atom. The summed E-state index contributed by atoms with van der Waals surface area (Å²) in [6, 6.07) is 11.9. The number of rotatable bonds is 4. The van der Waals surface area contributed by atoms with Crippen molar-refractivity contribution < 1.29 is 4.79 Å². The van der Waals surface area contributed by atoms with Crippen molar-refractivity contribution in [3.63, 3.8) is 0 Å². The van der Waals surface area contributed by atoms with Crippen LogP contribution in [0.25, 0.3) is 0 Å². The second-order valence-corrected chi connectivity index (χ2v) is 6.71. The summed E-state index contributed by atoms with van der Waals surface area (Å²) in [5, 5.41) is 0.771. The monoisotopic (exact) mass is 343 g/mol. The molecule has 4 nitrogen and oxygen atoms in total. The average molecular weight is 344 g/mol. The Balaban J connectivity index is 1.49. The Labute approximate surface area is 148 Å². The van der Waals surface area contributed by atoms with Crippen LogP contribution in [-0.2, 0) is 17.8 Å². The maximum atomic E-state index is 12.4. The number of halogens is 1. The molecule has 2 heterocycles. The first-order valence-corrected chi connectivity index (χ1v) is 8.64. The van der Waals surface area contributed by atoms with Crippen molar-refractivity contribution in [1.29, 1.82) is 0 Å². The highest BCUT2D eigenvalue weighted by molar-refractivity contribution is 6.30. The molecule has 0 atom stereocenters. The number of hydrogen-bond donors (Lipinski definition) is 0. The predicted molar refractivity (Wildman–Crippen MR) is 96.0 cm³/mol. The Morgan fingerprint density at radius 2 is 1.92 bits per heavy atom. The van der Waals surface area contributed by atoms with Crippen LogP contribution in [-0.4, -0.2) is 46.9 Å². The van der Waals surface area contributed by atoms with E-state index >= 15 is 0 Å². The van der Waals surface area contributed by atoms with E-state index in [1.165, 1.54) is 5.56 Å². The van der Waals surface area contributed by atoms with E-state index in [-0.39, 0.29) is 5.91 Å². The lowest BCUT2D eigenvalue weighted by Crippen LogP contribution is -2.48. The van der Waals surface area contributed by atoms with Crippen molar-refractivity contribution in [2.45, 2.75) is 19.9 Å². The quantitative estimate of drug-likeness (QED) is 0.856. The minimum absolute atomic E-state index is 0.183. The molecule has 3 rings (SSSR count). The summed E-state index contributed by atoms with van der Waals surface area (Å²) in [6.45, 7) is 6.17. The number of aryl methyl sites for hydroxylation is 1. The van der Waals surface area contributed by atoms with Crippen LogP contribution in [0.2, 0.25) is 5.02 Å². The van der Waals surface area contributed by atoms with E-state index in [2.05, 4.69) is 16.0 Å². The lowest BCUT2D eigenvalue weighted by Gasteiger charge is -2.34. The molecule has 126 valence electrons. The molecule has 1 amide bonds. The van der Waals surface area contributed by atoms with E-state index in [1.807, 2.05) is 42.2 Å². The third kappa shape index (κ3) is 4.56. The molecule has 1 fully saturated rings. The zero-order valence-electron chi connectivity index (χ0n) is 13.9. The molecule has 1 saturated heterocycles. The highest BCUT2D eigenvalue weighted by atomic mass is 35.5. The van der Waals surface area contributed by atoms with Crippen molar-refractivity contribution in [3.8, 4) is 0 Å². The van der Waals surface area contributed by atoms with Crippen LogP contribution in [0.3, 0.4) is 0 Å². The first-order valence-electron chi connectivity index (χ1n) is 8.26. The first kappa shape index (κ1) is 16.9. The van der Waals surface area contributed by atoms with E-state index in [0.717, 1.165) is 49.0 Å². The maximum Gasteiger partial charge on any atom is 0.227 e. The summed E-state index contributed by atoms with van der Waals surface area (Å²) in [5.41, 5.74) is 3.17. The molecule has 0 aliphatic carbocycles. The van der Waals surface area contributed by atoms with E-state index < -0.39 is 0 Å². The minimum atomic E-state index is 0.183. The molecule has 1 aromatic heterocycles. The number of carbonyl (C=O) groups is 1. The lowest BCUT2D eigenvalue weighted by atomic mass is 10.1. The normalized spacial score (nSPS) is 15.5. The third-order valence-electron chi connectivity index (χ3n) is 4.35. The van der Waals surface area contributed by atoms with Crippen LogP contribution >= 0.6 is 11.6 Å². The van der Waals surface area contributed by atoms with Gasteiger partial charge in [0, 0.05) is 49.6 Å². The fourth-order valence-corrected chi connectivity index (χ4v) is 3.15. The lowest BCUT2D eigenvalue weighted by molar-refractivity contribution is -0.132. The van der Waals surface area contributed by atoms with Crippen LogP contribution in [0.4, 0.5) is 0 Å². The number of pyridine rings is 1. The predicted octanol–water partition coefficient (Wildman–Crippen LogP) is 2.93. The number of hydrogen-bond acceptors (Lipinski definition) is 3. The van der Waals surface area contributed by atoms with Crippen LogP contribution < -0.4 is 0 Å². The Morgan fingerprint density at radius 1 is 1.12 bits per heavy atom. The van der Waals surface area contributed by atoms with Gasteiger partial charge in [-0.2, -0.15) is 0 Å². The van der Waals surface area contributed by atoms with Gasteiger partial charge in [-0.1, -0.05) is 29.8 Å². The van der Waals surface area contributed by atoms with E-state index in [4.69, 9.17) is 11.6 Å². The highest BCUT2D eigenvalue weighted by Crippen LogP contribution is 2.14. The number of carbonyl (C=O) groups excluding carboxylic acids is 1. The summed E-state index contributed by atoms with van der Waals surface area (Å²) in [7, 11) is 0. The Hall–Kier alpha value is -1.91. The number of aromatic nitrogens is 1. The van der Waals surface area contributed by atoms with Crippen LogP contribution in [0.1, 0.15) is 16.8 Å². The smallest absolute Gasteiger partial charge is 0.227 e. The summed E-state index contributed by atoms with van der Waals surface area (Å²) < 4.78 is 0. The number of amides is 1. The van der Waals surface area contributed by atoms with E-state index in [9.17, 15) is 4.79 Å². The molecule has 0 spiro atoms. The van der Waals surface area contributed by atoms with Gasteiger partial charge in [-0.3, -0.25) is 14.7 Å². The van der Waals surface area contributed by atoms with Gasteiger partial charge in [-0.15, -0.1) is 0 Å². The molecule has 0 N–H and O–H groups in total. The number of benzene rings is 1. The van der Waals surface area contributed by atoms with Crippen LogP contribution in [0, 0.1) is 6.92 Å². The highest BCUT2D eigenvalue weighted by Gasteiger charge is 2.21. The maximum absolute atomic E-state index is 12.4. The van der Waals surface area contributed by atoms with Crippen molar-refractivity contribution in [1.82, 2.24) is 14.8 Å². The minimum Gasteiger partial charge on any atom is -0.340 e. The van der Waals surface area contributed by atoms with Gasteiger partial charge in [0.15, 0.2) is 0 Å². The van der Waals surface area contributed by atoms with Crippen molar-refractivity contribution in [3.05, 3.63) is 64.4 Å². The molecule has 0 bridgehead atoms. The van der Waals surface area contributed by atoms with E-state index in [0.29, 0.717) is 6.42 Å². The molecule has 1 aromatic carbocycles. The zero-order valence-corrected chi connectivity index (χ0v) is 14.7. The van der Waals surface area contributed by atoms with Gasteiger partial charge in [0.2, 0.25) is 5.91 Å². The molecule has 0 radical (unpaired) electrons. The van der Waals surface area contributed by atoms with Crippen molar-refractivity contribution in [2.24, 2.45) is 0 Å². The zero-order chi connectivity index (χ0) is 16.9. The van der Waals surface area contributed by atoms with Crippen molar-refractivity contribution in [2.75, 3.05) is 26.2 Å². The summed E-state index contributed by atoms with van der Waals surface area (Å²) in [4.78, 5) is 21.0. The van der Waals surface area contributed by atoms with Gasteiger partial charge in [0.05, 0.1) is 6.42 Å². The van der Waals surface area contributed by atoms with Gasteiger partial charge in [0.1, 0.15) is 0 Å². The average Bonchev–Trinajstić information content (AvgIpc) is 2.57. The molecule has 0 unspecified atom stereocenters. The second kappa shape index (κ2) is 7.77. The van der Waals surface area contributed by atoms with Gasteiger partial charge in [-0.05, 0) is 36.2 Å². The molecule has 5 heteroatoms. The third-order valence-corrected chi connectivity index (χ3v) is 4.58. The fourth-order valence-electron chi connectivity index (χ4n) is 2.94. The molecular weight excluding hydrogens is 322 g/mol. The Kier molecular flexibility index (Phi) is 5.48. The van der Waals surface area contributed by atoms with Crippen LogP contribution in [0.5, 0.6) is 0 Å². The molecule has 1 aliphatic heterocycles. The molecule has 1 aliphatic rings. The van der Waals surface area contributed by atoms with Gasteiger partial charge < -0.3 is 4.90 Å². The van der Waals surface area contributed by atoms with Gasteiger partial charge in [-0.25, -0.2) is 0 Å². The largest absolute Gasteiger partial charge is 0.340 e. The van der Waals surface area contributed by atoms with Crippen molar-refractivity contribution >= 4 is 17.5 Å². The SMILES string of the molecule is Cc1ccc(CC(=O)N2CCN(Cc3cccc(Cl)c3)CC2)cn1. The summed E-state index contributed by atoms with van der Waals surface area (Å²) in [6.07, 6.45) is 2.23. The number of piperazine rings is 1. The van der Waals surface area contributed by atoms with Crippen LogP contribution in [0.15, 0.2) is 42.6 Å². The Bertz CT molecular complexity index is 694. The molecule has 0 saturated carbocycles. The molecular formula is C19H22ClN3O. The summed E-state index contributed by atoms with van der Waals surface area (Å²) >= 11 is 6.04. The number of nitrogens with zero attached hydrogens (tertiary/aromatic N) is 3. The first-order chi connectivity index (χ1) is 11.6. The van der Waals surface area contributed by atoms with Gasteiger partial charge in [0.25, 0.3) is 0 Å². The fraction of sp³-hybridized carbons (Fsp3) is 0.368. The van der Waals surface area contributed by atoms with Gasteiger partial charge >= 0.3 is 0 Å². The molecule has 2 aromatic rings. The second-order valence-electron chi connectivity index (χ2n) is 6.27.